The van der Waals surface area contributed by atoms with Crippen LogP contribution in [0.2, 0.25) is 10.0 Å². The molecule has 1 aromatic heterocycles. The first-order valence-electron chi connectivity index (χ1n) is 5.62. The fourth-order valence-electron chi connectivity index (χ4n) is 2.18. The second kappa shape index (κ2) is 4.92. The lowest BCUT2D eigenvalue weighted by Gasteiger charge is -2.21. The highest BCUT2D eigenvalue weighted by atomic mass is 35.5. The minimum atomic E-state index is 0.380. The van der Waals surface area contributed by atoms with Gasteiger partial charge in [-0.05, 0) is 24.6 Å². The average Bonchev–Trinajstić information content (AvgIpc) is 2.33. The molecule has 0 spiro atoms. The normalized spacial score (nSPS) is 11.0. The Labute approximate surface area is 116 Å². The van der Waals surface area contributed by atoms with Crippen LogP contribution in [0.4, 0.5) is 5.69 Å². The summed E-state index contributed by atoms with van der Waals surface area (Å²) < 4.78 is 0. The van der Waals surface area contributed by atoms with Crippen LogP contribution in [-0.4, -0.2) is 19.1 Å². The lowest BCUT2D eigenvalue weighted by molar-refractivity contribution is 0.974. The summed E-state index contributed by atoms with van der Waals surface area (Å²) in [7, 11) is 3.94. The third kappa shape index (κ3) is 2.03. The molecule has 0 bridgehead atoms. The zero-order chi connectivity index (χ0) is 13.4. The minimum absolute atomic E-state index is 0.380. The molecule has 2 rings (SSSR count). The molecular weight excluding hydrogens is 269 g/mol. The molecule has 2 N–H and O–H groups in total. The molecule has 0 unspecified atom stereocenters. The van der Waals surface area contributed by atoms with E-state index in [0.717, 1.165) is 22.3 Å². The fraction of sp³-hybridized carbons (Fsp3) is 0.308. The summed E-state index contributed by atoms with van der Waals surface area (Å²) in [6.07, 6.45) is 0. The second-order valence-electron chi connectivity index (χ2n) is 4.38. The maximum atomic E-state index is 6.29. The van der Waals surface area contributed by atoms with Crippen LogP contribution in [0.1, 0.15) is 11.3 Å². The number of benzene rings is 1. The van der Waals surface area contributed by atoms with E-state index in [0.29, 0.717) is 22.1 Å². The Balaban J connectivity index is 3.00. The Morgan fingerprint density at radius 2 is 1.83 bits per heavy atom. The van der Waals surface area contributed by atoms with Crippen LogP contribution in [0, 0.1) is 6.92 Å². The lowest BCUT2D eigenvalue weighted by atomic mass is 10.1. The van der Waals surface area contributed by atoms with Crippen molar-refractivity contribution in [2.45, 2.75) is 13.5 Å². The van der Waals surface area contributed by atoms with Gasteiger partial charge in [0.05, 0.1) is 26.9 Å². The first-order valence-corrected chi connectivity index (χ1v) is 6.37. The minimum Gasteiger partial charge on any atom is -0.377 e. The number of halogens is 2. The van der Waals surface area contributed by atoms with Crippen molar-refractivity contribution >= 4 is 39.8 Å². The van der Waals surface area contributed by atoms with E-state index in [1.54, 1.807) is 12.1 Å². The maximum absolute atomic E-state index is 6.29. The highest BCUT2D eigenvalue weighted by Crippen LogP contribution is 2.38. The van der Waals surface area contributed by atoms with Gasteiger partial charge in [0.15, 0.2) is 0 Å². The summed E-state index contributed by atoms with van der Waals surface area (Å²) >= 11 is 12.5. The van der Waals surface area contributed by atoms with Gasteiger partial charge in [-0.15, -0.1) is 0 Å². The van der Waals surface area contributed by atoms with Crippen molar-refractivity contribution in [3.63, 3.8) is 0 Å². The molecule has 5 heteroatoms. The molecule has 0 aliphatic carbocycles. The SMILES string of the molecule is Cc1c(CN)nc2c(Cl)ccc(Cl)c2c1N(C)C. The van der Waals surface area contributed by atoms with E-state index in [-0.39, 0.29) is 0 Å². The quantitative estimate of drug-likeness (QED) is 0.919. The van der Waals surface area contributed by atoms with Gasteiger partial charge in [-0.3, -0.25) is 0 Å². The van der Waals surface area contributed by atoms with Crippen LogP contribution in [0.3, 0.4) is 0 Å². The molecule has 1 heterocycles. The van der Waals surface area contributed by atoms with Gasteiger partial charge in [0, 0.05) is 26.0 Å². The molecular formula is C13H15Cl2N3. The van der Waals surface area contributed by atoms with E-state index in [4.69, 9.17) is 28.9 Å². The van der Waals surface area contributed by atoms with Gasteiger partial charge in [-0.1, -0.05) is 23.2 Å². The summed E-state index contributed by atoms with van der Waals surface area (Å²) in [5.74, 6) is 0. The van der Waals surface area contributed by atoms with Crippen molar-refractivity contribution in [3.05, 3.63) is 33.4 Å². The van der Waals surface area contributed by atoms with E-state index < -0.39 is 0 Å². The largest absolute Gasteiger partial charge is 0.377 e. The molecule has 2 aromatic rings. The van der Waals surface area contributed by atoms with Gasteiger partial charge < -0.3 is 10.6 Å². The van der Waals surface area contributed by atoms with E-state index >= 15 is 0 Å². The molecule has 0 fully saturated rings. The zero-order valence-electron chi connectivity index (χ0n) is 10.6. The Hall–Kier alpha value is -1.03. The van der Waals surface area contributed by atoms with Gasteiger partial charge in [-0.2, -0.15) is 0 Å². The van der Waals surface area contributed by atoms with Gasteiger partial charge >= 0.3 is 0 Å². The summed E-state index contributed by atoms with van der Waals surface area (Å²) in [6.45, 7) is 2.38. The topological polar surface area (TPSA) is 42.1 Å². The van der Waals surface area contributed by atoms with Crippen LogP contribution in [0.25, 0.3) is 10.9 Å². The van der Waals surface area contributed by atoms with E-state index in [2.05, 4.69) is 4.98 Å². The second-order valence-corrected chi connectivity index (χ2v) is 5.20. The van der Waals surface area contributed by atoms with Crippen LogP contribution < -0.4 is 10.6 Å². The van der Waals surface area contributed by atoms with Crippen molar-refractivity contribution < 1.29 is 0 Å². The highest BCUT2D eigenvalue weighted by Gasteiger charge is 2.16. The number of nitrogens with zero attached hydrogens (tertiary/aromatic N) is 2. The van der Waals surface area contributed by atoms with Crippen molar-refractivity contribution in [1.29, 1.82) is 0 Å². The number of hydrogen-bond donors (Lipinski definition) is 1. The van der Waals surface area contributed by atoms with Crippen LogP contribution in [-0.2, 0) is 6.54 Å². The van der Waals surface area contributed by atoms with Crippen molar-refractivity contribution in [3.8, 4) is 0 Å². The van der Waals surface area contributed by atoms with Crippen LogP contribution in [0.5, 0.6) is 0 Å². The molecule has 3 nitrogen and oxygen atoms in total. The Morgan fingerprint density at radius 1 is 1.22 bits per heavy atom. The third-order valence-electron chi connectivity index (χ3n) is 2.99. The molecule has 0 amide bonds. The first-order chi connectivity index (χ1) is 8.47. The molecule has 0 saturated carbocycles. The number of hydrogen-bond acceptors (Lipinski definition) is 3. The summed E-state index contributed by atoms with van der Waals surface area (Å²) in [5.41, 5.74) is 9.35. The van der Waals surface area contributed by atoms with E-state index in [1.165, 1.54) is 0 Å². The summed E-state index contributed by atoms with van der Waals surface area (Å²) in [4.78, 5) is 6.54. The summed E-state index contributed by atoms with van der Waals surface area (Å²) in [6, 6.07) is 3.55. The number of fused-ring (bicyclic) bond motifs is 1. The number of aromatic nitrogens is 1. The first kappa shape index (κ1) is 13.4. The van der Waals surface area contributed by atoms with Crippen molar-refractivity contribution in [2.75, 3.05) is 19.0 Å². The van der Waals surface area contributed by atoms with Gasteiger partial charge in [0.2, 0.25) is 0 Å². The Bertz CT molecular complexity index is 609. The average molecular weight is 284 g/mol. The van der Waals surface area contributed by atoms with E-state index in [1.807, 2.05) is 25.9 Å². The molecule has 1 aromatic carbocycles. The molecule has 0 atom stereocenters. The highest BCUT2D eigenvalue weighted by molar-refractivity contribution is 6.41. The van der Waals surface area contributed by atoms with Gasteiger partial charge in [0.1, 0.15) is 0 Å². The predicted molar refractivity (Wildman–Crippen MR) is 78.7 cm³/mol. The molecule has 18 heavy (non-hydrogen) atoms. The van der Waals surface area contributed by atoms with Crippen molar-refractivity contribution in [2.24, 2.45) is 5.73 Å². The van der Waals surface area contributed by atoms with Gasteiger partial charge in [-0.25, -0.2) is 4.98 Å². The van der Waals surface area contributed by atoms with Crippen LogP contribution >= 0.6 is 23.2 Å². The number of nitrogens with two attached hydrogens (primary N) is 1. The standard InChI is InChI=1S/C13H15Cl2N3/c1-7-10(6-16)17-12-9(15)5-4-8(14)11(12)13(7)18(2)3/h4-5H,6,16H2,1-3H3. The number of rotatable bonds is 2. The van der Waals surface area contributed by atoms with Crippen molar-refractivity contribution in [1.82, 2.24) is 4.98 Å². The Kier molecular flexibility index (Phi) is 3.66. The van der Waals surface area contributed by atoms with E-state index in [9.17, 15) is 0 Å². The molecule has 0 radical (unpaired) electrons. The maximum Gasteiger partial charge on any atom is 0.0928 e. The number of anilines is 1. The molecule has 0 saturated heterocycles. The predicted octanol–water partition coefficient (Wildman–Crippen LogP) is 3.37. The molecule has 0 aliphatic rings. The third-order valence-corrected chi connectivity index (χ3v) is 3.61. The monoisotopic (exact) mass is 283 g/mol. The van der Waals surface area contributed by atoms with Gasteiger partial charge in [0.25, 0.3) is 0 Å². The molecule has 96 valence electrons. The lowest BCUT2D eigenvalue weighted by Crippen LogP contribution is -2.14. The number of pyridine rings is 1. The molecule has 0 aliphatic heterocycles. The smallest absolute Gasteiger partial charge is 0.0928 e. The Morgan fingerprint density at radius 3 is 2.39 bits per heavy atom. The fourth-order valence-corrected chi connectivity index (χ4v) is 2.62. The van der Waals surface area contributed by atoms with Crippen LogP contribution in [0.15, 0.2) is 12.1 Å². The summed E-state index contributed by atoms with van der Waals surface area (Å²) in [5, 5.41) is 2.12. The zero-order valence-corrected chi connectivity index (χ0v) is 12.1.